The predicted molar refractivity (Wildman–Crippen MR) is 94.1 cm³/mol. The minimum absolute atomic E-state index is 0.608. The van der Waals surface area contributed by atoms with Crippen molar-refractivity contribution in [2.24, 2.45) is 0 Å². The lowest BCUT2D eigenvalue weighted by Gasteiger charge is -2.20. The number of aromatic nitrogens is 1. The van der Waals surface area contributed by atoms with Crippen molar-refractivity contribution >= 4 is 51.0 Å². The minimum Gasteiger partial charge on any atom is -0.365 e. The summed E-state index contributed by atoms with van der Waals surface area (Å²) in [5.74, 6) is 0. The molecule has 0 bridgehead atoms. The summed E-state index contributed by atoms with van der Waals surface area (Å²) in [7, 11) is 1.90. The molecule has 3 nitrogen and oxygen atoms in total. The van der Waals surface area contributed by atoms with Gasteiger partial charge in [-0.2, -0.15) is 0 Å². The highest BCUT2D eigenvalue weighted by molar-refractivity contribution is 7.21. The van der Waals surface area contributed by atoms with Gasteiger partial charge in [-0.05, 0) is 32.4 Å². The molecule has 0 saturated carbocycles. The molecule has 0 radical (unpaired) electrons. The van der Waals surface area contributed by atoms with Crippen LogP contribution < -0.4 is 5.32 Å². The summed E-state index contributed by atoms with van der Waals surface area (Å²) >= 11 is 15.4. The molecule has 2 aromatic heterocycles. The summed E-state index contributed by atoms with van der Waals surface area (Å²) in [5.41, 5.74) is 1.02. The van der Waals surface area contributed by atoms with E-state index in [2.05, 4.69) is 17.1 Å². The van der Waals surface area contributed by atoms with E-state index < -0.39 is 0 Å². The first-order valence-electron chi connectivity index (χ1n) is 6.95. The molecule has 114 valence electrons. The number of rotatable bonds is 4. The maximum atomic E-state index is 6.10. The summed E-state index contributed by atoms with van der Waals surface area (Å²) in [6, 6.07) is 2.56. The average Bonchev–Trinajstić information content (AvgIpc) is 3.13. The van der Waals surface area contributed by atoms with E-state index in [9.17, 15) is 0 Å². The van der Waals surface area contributed by atoms with Crippen molar-refractivity contribution < 1.29 is 0 Å². The fourth-order valence-corrected chi connectivity index (χ4v) is 5.04. The molecule has 1 fully saturated rings. The Labute approximate surface area is 142 Å². The zero-order valence-corrected chi connectivity index (χ0v) is 15.1. The second-order valence-electron chi connectivity index (χ2n) is 5.23. The molecule has 1 N–H and O–H groups in total. The van der Waals surface area contributed by atoms with Crippen LogP contribution in [0.15, 0.2) is 6.07 Å². The van der Waals surface area contributed by atoms with E-state index in [-0.39, 0.29) is 0 Å². The van der Waals surface area contributed by atoms with Crippen LogP contribution >= 0.6 is 45.9 Å². The van der Waals surface area contributed by atoms with Crippen LogP contribution in [0.3, 0.4) is 0 Å². The quantitative estimate of drug-likeness (QED) is 0.810. The number of nitrogens with zero attached hydrogens (tertiary/aromatic N) is 2. The van der Waals surface area contributed by atoms with Gasteiger partial charge in [-0.1, -0.05) is 23.2 Å². The first kappa shape index (κ1) is 15.6. The number of halogens is 2. The maximum Gasteiger partial charge on any atom is 0.183 e. The van der Waals surface area contributed by atoms with Gasteiger partial charge in [-0.15, -0.1) is 22.7 Å². The van der Waals surface area contributed by atoms with Crippen molar-refractivity contribution in [3.8, 4) is 10.6 Å². The fraction of sp³-hybridized carbons (Fsp3) is 0.500. The molecular formula is C14H17Cl2N3S2. The second-order valence-corrected chi connectivity index (χ2v) is 8.38. The number of likely N-dealkylation sites (tertiary alicyclic amines) is 1. The van der Waals surface area contributed by atoms with Crippen LogP contribution in [0.25, 0.3) is 10.6 Å². The van der Waals surface area contributed by atoms with Crippen LogP contribution in [0.5, 0.6) is 0 Å². The molecule has 1 unspecified atom stereocenters. The SMILES string of the molecule is CNc1nc(-c2cc(Cl)c(Cl)s2)c(CN2CCCC2C)s1. The molecule has 7 heteroatoms. The Kier molecular flexibility index (Phi) is 4.76. The molecule has 0 aliphatic carbocycles. The topological polar surface area (TPSA) is 28.2 Å². The van der Waals surface area contributed by atoms with Crippen molar-refractivity contribution in [2.45, 2.75) is 32.4 Å². The van der Waals surface area contributed by atoms with Gasteiger partial charge in [0, 0.05) is 24.5 Å². The van der Waals surface area contributed by atoms with Crippen molar-refractivity contribution in [2.75, 3.05) is 18.9 Å². The first-order chi connectivity index (χ1) is 10.1. The fourth-order valence-electron chi connectivity index (χ4n) is 2.63. The van der Waals surface area contributed by atoms with Crippen LogP contribution in [0.1, 0.15) is 24.6 Å². The third-order valence-corrected chi connectivity index (χ3v) is 6.76. The molecule has 0 amide bonds. The van der Waals surface area contributed by atoms with Crippen LogP contribution in [-0.4, -0.2) is 29.5 Å². The number of thiophene rings is 1. The van der Waals surface area contributed by atoms with Gasteiger partial charge in [0.15, 0.2) is 5.13 Å². The molecule has 0 aromatic carbocycles. The van der Waals surface area contributed by atoms with E-state index in [1.807, 2.05) is 13.1 Å². The summed E-state index contributed by atoms with van der Waals surface area (Å²) in [6.07, 6.45) is 2.56. The molecule has 1 aliphatic heterocycles. The van der Waals surface area contributed by atoms with E-state index in [1.54, 1.807) is 11.3 Å². The first-order valence-corrected chi connectivity index (χ1v) is 9.34. The van der Waals surface area contributed by atoms with Gasteiger partial charge in [-0.3, -0.25) is 4.90 Å². The van der Waals surface area contributed by atoms with E-state index in [1.165, 1.54) is 35.6 Å². The molecule has 2 aromatic rings. The van der Waals surface area contributed by atoms with E-state index in [4.69, 9.17) is 28.2 Å². The Bertz CT molecular complexity index is 619. The molecule has 1 aliphatic rings. The summed E-state index contributed by atoms with van der Waals surface area (Å²) < 4.78 is 0.631. The molecule has 1 saturated heterocycles. The Morgan fingerprint density at radius 2 is 2.24 bits per heavy atom. The summed E-state index contributed by atoms with van der Waals surface area (Å²) in [5, 5.41) is 4.69. The molecule has 0 spiro atoms. The van der Waals surface area contributed by atoms with Crippen molar-refractivity contribution in [3.05, 3.63) is 20.3 Å². The van der Waals surface area contributed by atoms with Crippen LogP contribution in [0, 0.1) is 0 Å². The van der Waals surface area contributed by atoms with Crippen molar-refractivity contribution in [1.82, 2.24) is 9.88 Å². The lowest BCUT2D eigenvalue weighted by atomic mass is 10.2. The standard InChI is InChI=1S/C14H17Cl2N3S2/c1-8-4-3-5-19(8)7-11-12(18-14(17-2)21-11)10-6-9(15)13(16)20-10/h6,8H,3-5,7H2,1-2H3,(H,17,18). The van der Waals surface area contributed by atoms with E-state index in [0.717, 1.165) is 22.2 Å². The highest BCUT2D eigenvalue weighted by Gasteiger charge is 2.24. The number of thiazole rings is 1. The minimum atomic E-state index is 0.608. The molecular weight excluding hydrogens is 345 g/mol. The van der Waals surface area contributed by atoms with Gasteiger partial charge in [0.2, 0.25) is 0 Å². The Morgan fingerprint density at radius 3 is 2.81 bits per heavy atom. The Morgan fingerprint density at radius 1 is 1.43 bits per heavy atom. The van der Waals surface area contributed by atoms with Crippen LogP contribution in [0.4, 0.5) is 5.13 Å². The van der Waals surface area contributed by atoms with Crippen molar-refractivity contribution in [1.29, 1.82) is 0 Å². The van der Waals surface area contributed by atoms with Gasteiger partial charge in [0.05, 0.1) is 15.6 Å². The second kappa shape index (κ2) is 6.42. The molecule has 1 atom stereocenters. The zero-order valence-electron chi connectivity index (χ0n) is 11.9. The predicted octanol–water partition coefficient (Wildman–Crippen LogP) is 5.20. The van der Waals surface area contributed by atoms with E-state index in [0.29, 0.717) is 15.4 Å². The van der Waals surface area contributed by atoms with Gasteiger partial charge in [0.1, 0.15) is 4.34 Å². The van der Waals surface area contributed by atoms with Crippen molar-refractivity contribution in [3.63, 3.8) is 0 Å². The monoisotopic (exact) mass is 361 g/mol. The Hall–Kier alpha value is -0.330. The van der Waals surface area contributed by atoms with Gasteiger partial charge >= 0.3 is 0 Å². The lowest BCUT2D eigenvalue weighted by Crippen LogP contribution is -2.25. The molecule has 3 rings (SSSR count). The zero-order chi connectivity index (χ0) is 15.0. The number of hydrogen-bond donors (Lipinski definition) is 1. The highest BCUT2D eigenvalue weighted by atomic mass is 35.5. The smallest absolute Gasteiger partial charge is 0.183 e. The number of hydrogen-bond acceptors (Lipinski definition) is 5. The third-order valence-electron chi connectivity index (χ3n) is 3.83. The summed E-state index contributed by atoms with van der Waals surface area (Å²) in [4.78, 5) is 9.54. The van der Waals surface area contributed by atoms with E-state index >= 15 is 0 Å². The lowest BCUT2D eigenvalue weighted by molar-refractivity contribution is 0.263. The van der Waals surface area contributed by atoms with Gasteiger partial charge in [-0.25, -0.2) is 4.98 Å². The maximum absolute atomic E-state index is 6.10. The van der Waals surface area contributed by atoms with Gasteiger partial charge < -0.3 is 5.32 Å². The normalized spacial score (nSPS) is 19.3. The van der Waals surface area contributed by atoms with Gasteiger partial charge in [0.25, 0.3) is 0 Å². The van der Waals surface area contributed by atoms with Crippen LogP contribution in [0.2, 0.25) is 9.36 Å². The molecule has 3 heterocycles. The largest absolute Gasteiger partial charge is 0.365 e. The van der Waals surface area contributed by atoms with Crippen LogP contribution in [-0.2, 0) is 6.54 Å². The summed E-state index contributed by atoms with van der Waals surface area (Å²) in [6.45, 7) is 4.41. The third kappa shape index (κ3) is 3.22. The highest BCUT2D eigenvalue weighted by Crippen LogP contribution is 2.41. The average molecular weight is 362 g/mol. The molecule has 21 heavy (non-hydrogen) atoms. The number of nitrogens with one attached hydrogen (secondary N) is 1. The Balaban J connectivity index is 1.93. The number of anilines is 1.